The molecule has 12 heteroatoms. The lowest BCUT2D eigenvalue weighted by atomic mass is 10.1. The van der Waals surface area contributed by atoms with Crippen molar-refractivity contribution in [2.45, 2.75) is 19.0 Å². The molecule has 0 aliphatic rings. The van der Waals surface area contributed by atoms with Gasteiger partial charge in [0.15, 0.2) is 17.3 Å². The highest BCUT2D eigenvalue weighted by Crippen LogP contribution is 2.41. The first-order valence-electron chi connectivity index (χ1n) is 10.3. The molecule has 4 aromatic rings. The fourth-order valence-corrected chi connectivity index (χ4v) is 3.41. The van der Waals surface area contributed by atoms with Gasteiger partial charge in [0.2, 0.25) is 0 Å². The van der Waals surface area contributed by atoms with Crippen molar-refractivity contribution < 1.29 is 41.0 Å². The molecule has 188 valence electrons. The topological polar surface area (TPSA) is 67.7 Å². The number of phenols is 1. The number of anilines is 2. The second-order valence-electron chi connectivity index (χ2n) is 7.56. The number of hydrogen-bond donors (Lipinski definition) is 1. The van der Waals surface area contributed by atoms with E-state index in [9.17, 15) is 31.4 Å². The lowest BCUT2D eigenvalue weighted by Gasteiger charge is -2.26. The molecular weight excluding hydrogens is 492 g/mol. The number of methoxy groups -OCH3 is 1. The Morgan fingerprint density at radius 2 is 1.50 bits per heavy atom. The average molecular weight is 509 g/mol. The number of aromatic nitrogens is 2. The van der Waals surface area contributed by atoms with E-state index in [1.165, 1.54) is 19.2 Å². The molecule has 0 unspecified atom stereocenters. The van der Waals surface area contributed by atoms with Crippen molar-refractivity contribution in [2.24, 2.45) is 0 Å². The number of aromatic hydroxyl groups is 1. The molecule has 0 saturated heterocycles. The fraction of sp³-hybridized carbons (Fsp3) is 0.167. The van der Waals surface area contributed by atoms with Crippen LogP contribution in [-0.4, -0.2) is 22.2 Å². The van der Waals surface area contributed by atoms with Crippen LogP contribution in [0.25, 0.3) is 10.9 Å². The van der Waals surface area contributed by atoms with Crippen LogP contribution in [0.1, 0.15) is 16.7 Å². The van der Waals surface area contributed by atoms with E-state index in [1.54, 1.807) is 30.3 Å². The van der Waals surface area contributed by atoms with Gasteiger partial charge in [-0.15, -0.1) is 0 Å². The zero-order chi connectivity index (χ0) is 26.1. The van der Waals surface area contributed by atoms with Crippen molar-refractivity contribution in [3.63, 3.8) is 0 Å². The van der Waals surface area contributed by atoms with Gasteiger partial charge < -0.3 is 9.84 Å². The first kappa shape index (κ1) is 25.0. The molecule has 0 fully saturated rings. The number of hydrogen-bond acceptors (Lipinski definition) is 6. The Labute approximate surface area is 200 Å². The third-order valence-electron chi connectivity index (χ3n) is 5.12. The normalized spacial score (nSPS) is 12.1. The van der Waals surface area contributed by atoms with Crippen LogP contribution < -0.4 is 9.80 Å². The van der Waals surface area contributed by atoms with Crippen LogP contribution in [0.15, 0.2) is 67.0 Å². The zero-order valence-electron chi connectivity index (χ0n) is 18.4. The number of alkyl halides is 6. The van der Waals surface area contributed by atoms with Crippen LogP contribution in [-0.2, 0) is 23.8 Å². The number of nitrogens with zero attached hydrogens (tertiary/aromatic N) is 3. The smallest absolute Gasteiger partial charge is 0.416 e. The van der Waals surface area contributed by atoms with Gasteiger partial charge in [0.25, 0.3) is 0 Å². The van der Waals surface area contributed by atoms with Gasteiger partial charge in [-0.1, -0.05) is 30.3 Å². The Balaban J connectivity index is 1.93. The summed E-state index contributed by atoms with van der Waals surface area (Å²) in [6.07, 6.45) is -9.08. The molecule has 0 amide bonds. The third-order valence-corrected chi connectivity index (χ3v) is 5.12. The Morgan fingerprint density at radius 3 is 2.08 bits per heavy atom. The number of benzene rings is 3. The average Bonchev–Trinajstić information content (AvgIpc) is 2.83. The molecule has 4 rings (SSSR count). The first-order chi connectivity index (χ1) is 17.0. The van der Waals surface area contributed by atoms with E-state index in [-0.39, 0.29) is 40.9 Å². The lowest BCUT2D eigenvalue weighted by Crippen LogP contribution is -2.21. The SMILES string of the molecule is COc1cc2ncnc(N(OCc3ccccc3)c3cc(C(F)(F)F)cc(C(F)(F)F)c3)c2cc1O. The molecule has 0 saturated carbocycles. The van der Waals surface area contributed by atoms with Gasteiger partial charge in [-0.25, -0.2) is 15.0 Å². The third kappa shape index (κ3) is 5.28. The minimum atomic E-state index is -5.07. The molecule has 1 aromatic heterocycles. The van der Waals surface area contributed by atoms with E-state index in [0.717, 1.165) is 11.4 Å². The molecule has 0 spiro atoms. The van der Waals surface area contributed by atoms with Gasteiger partial charge in [-0.3, -0.25) is 4.84 Å². The summed E-state index contributed by atoms with van der Waals surface area (Å²) in [7, 11) is 1.31. The van der Waals surface area contributed by atoms with E-state index in [1.807, 2.05) is 0 Å². The summed E-state index contributed by atoms with van der Waals surface area (Å²) in [5.74, 6) is -0.479. The van der Waals surface area contributed by atoms with Crippen LogP contribution in [0, 0.1) is 0 Å². The lowest BCUT2D eigenvalue weighted by molar-refractivity contribution is -0.143. The van der Waals surface area contributed by atoms with Crippen molar-refractivity contribution in [1.82, 2.24) is 9.97 Å². The van der Waals surface area contributed by atoms with E-state index in [2.05, 4.69) is 9.97 Å². The number of fused-ring (bicyclic) bond motifs is 1. The highest BCUT2D eigenvalue weighted by Gasteiger charge is 2.38. The van der Waals surface area contributed by atoms with Crippen LogP contribution in [0.3, 0.4) is 0 Å². The molecule has 0 aliphatic heterocycles. The predicted molar refractivity (Wildman–Crippen MR) is 118 cm³/mol. The molecule has 3 aromatic carbocycles. The molecule has 6 nitrogen and oxygen atoms in total. The van der Waals surface area contributed by atoms with E-state index >= 15 is 0 Å². The molecule has 1 N–H and O–H groups in total. The Hall–Kier alpha value is -4.06. The highest BCUT2D eigenvalue weighted by molar-refractivity contribution is 5.93. The molecule has 1 heterocycles. The minimum absolute atomic E-state index is 0.0215. The second-order valence-corrected chi connectivity index (χ2v) is 7.56. The van der Waals surface area contributed by atoms with Crippen LogP contribution >= 0.6 is 0 Å². The standard InChI is InChI=1S/C24H17F6N3O3/c1-35-21-11-19-18(10-20(21)34)22(32-13-31-19)33(36-12-14-5-3-2-4-6-14)17-8-15(23(25,26)27)7-16(9-17)24(28,29)30/h2-11,13,34H,12H2,1H3. The zero-order valence-corrected chi connectivity index (χ0v) is 18.4. The number of ether oxygens (including phenoxy) is 1. The molecule has 0 aliphatic carbocycles. The molecule has 36 heavy (non-hydrogen) atoms. The van der Waals surface area contributed by atoms with Crippen molar-refractivity contribution >= 4 is 22.4 Å². The van der Waals surface area contributed by atoms with Gasteiger partial charge in [-0.05, 0) is 29.8 Å². The van der Waals surface area contributed by atoms with Crippen molar-refractivity contribution in [1.29, 1.82) is 0 Å². The van der Waals surface area contributed by atoms with Gasteiger partial charge in [0.1, 0.15) is 12.9 Å². The van der Waals surface area contributed by atoms with Gasteiger partial charge in [0.05, 0.1) is 29.4 Å². The number of halogens is 6. The minimum Gasteiger partial charge on any atom is -0.504 e. The Kier molecular flexibility index (Phi) is 6.63. The fourth-order valence-electron chi connectivity index (χ4n) is 3.41. The molecule has 0 atom stereocenters. The predicted octanol–water partition coefficient (Wildman–Crippen LogP) is 6.65. The summed E-state index contributed by atoms with van der Waals surface area (Å²) in [6, 6.07) is 12.1. The summed E-state index contributed by atoms with van der Waals surface area (Å²) < 4.78 is 86.3. The number of phenolic OH excluding ortho intramolecular Hbond substituents is 1. The quantitative estimate of drug-likeness (QED) is 0.232. The molecular formula is C24H17F6N3O3. The van der Waals surface area contributed by atoms with Gasteiger partial charge in [0, 0.05) is 11.5 Å². The Bertz CT molecular complexity index is 1350. The summed E-state index contributed by atoms with van der Waals surface area (Å²) in [5.41, 5.74) is -2.84. The maximum absolute atomic E-state index is 13.5. The van der Waals surface area contributed by atoms with Gasteiger partial charge in [-0.2, -0.15) is 26.3 Å². The van der Waals surface area contributed by atoms with E-state index in [0.29, 0.717) is 17.7 Å². The summed E-state index contributed by atoms with van der Waals surface area (Å²) in [5, 5.41) is 11.1. The van der Waals surface area contributed by atoms with Crippen molar-refractivity contribution in [3.05, 3.63) is 83.7 Å². The number of rotatable bonds is 6. The summed E-state index contributed by atoms with van der Waals surface area (Å²) >= 11 is 0. The van der Waals surface area contributed by atoms with E-state index < -0.39 is 29.2 Å². The van der Waals surface area contributed by atoms with Gasteiger partial charge >= 0.3 is 12.4 Å². The monoisotopic (exact) mass is 509 g/mol. The van der Waals surface area contributed by atoms with Crippen molar-refractivity contribution in [2.75, 3.05) is 12.2 Å². The van der Waals surface area contributed by atoms with Crippen LogP contribution in [0.4, 0.5) is 37.8 Å². The van der Waals surface area contributed by atoms with Crippen molar-refractivity contribution in [3.8, 4) is 11.5 Å². The maximum Gasteiger partial charge on any atom is 0.416 e. The second kappa shape index (κ2) is 9.53. The summed E-state index contributed by atoms with van der Waals surface area (Å²) in [6.45, 7) is -0.216. The maximum atomic E-state index is 13.5. The first-order valence-corrected chi connectivity index (χ1v) is 10.3. The Morgan fingerprint density at radius 1 is 0.861 bits per heavy atom. The summed E-state index contributed by atoms with van der Waals surface area (Å²) in [4.78, 5) is 13.8. The van der Waals surface area contributed by atoms with Crippen LogP contribution in [0.2, 0.25) is 0 Å². The largest absolute Gasteiger partial charge is 0.504 e. The van der Waals surface area contributed by atoms with E-state index in [4.69, 9.17) is 9.57 Å². The molecule has 0 bridgehead atoms. The highest BCUT2D eigenvalue weighted by atomic mass is 19.4. The van der Waals surface area contributed by atoms with Crippen LogP contribution in [0.5, 0.6) is 11.5 Å². The molecule has 0 radical (unpaired) electrons.